The summed E-state index contributed by atoms with van der Waals surface area (Å²) in [6.45, 7) is 1.04. The summed E-state index contributed by atoms with van der Waals surface area (Å²) in [6.07, 6.45) is 4.41. The molecule has 35 heavy (non-hydrogen) atoms. The highest BCUT2D eigenvalue weighted by atomic mass is 16.2. The average molecular weight is 474 g/mol. The summed E-state index contributed by atoms with van der Waals surface area (Å²) >= 11 is 0. The van der Waals surface area contributed by atoms with E-state index in [-0.39, 0.29) is 6.42 Å². The number of amides is 4. The number of carbonyl (C=O) groups is 3. The van der Waals surface area contributed by atoms with Crippen molar-refractivity contribution in [2.75, 3.05) is 13.1 Å². The van der Waals surface area contributed by atoms with E-state index < -0.39 is 23.9 Å². The quantitative estimate of drug-likeness (QED) is 0.350. The van der Waals surface area contributed by atoms with Crippen molar-refractivity contribution in [1.82, 2.24) is 10.2 Å². The number of fused-ring (bicyclic) bond motifs is 1. The van der Waals surface area contributed by atoms with Crippen LogP contribution in [0.1, 0.15) is 30.4 Å². The van der Waals surface area contributed by atoms with E-state index >= 15 is 0 Å². The molecule has 3 rings (SSSR count). The van der Waals surface area contributed by atoms with Crippen LogP contribution in [-0.2, 0) is 22.4 Å². The standard InChI is InChI=1S/C28H33N4O3/c29-17-7-2-8-18-31-27(34)25(20-21-9-3-1-4-10-21)32(28(30)35)26(33)16-14-22-13-15-23-11-5-6-12-24(23)19-22/h1,3-6,9-13,15-16,19,25H,2,7-8,14,17-18,20,29H2,(H2,30,35)(H,31,34)/t25-/m1/s1. The van der Waals surface area contributed by atoms with Crippen LogP contribution in [0.4, 0.5) is 4.79 Å². The molecule has 1 atom stereocenters. The highest BCUT2D eigenvalue weighted by Crippen LogP contribution is 2.18. The monoisotopic (exact) mass is 473 g/mol. The maximum absolute atomic E-state index is 13.1. The number of carbonyl (C=O) groups excluding carboxylic acids is 3. The molecule has 0 saturated heterocycles. The van der Waals surface area contributed by atoms with Gasteiger partial charge in [-0.15, -0.1) is 0 Å². The third-order valence-electron chi connectivity index (χ3n) is 5.87. The summed E-state index contributed by atoms with van der Waals surface area (Å²) in [5, 5.41) is 5.02. The van der Waals surface area contributed by atoms with E-state index in [2.05, 4.69) is 5.32 Å². The van der Waals surface area contributed by atoms with Crippen molar-refractivity contribution in [3.8, 4) is 0 Å². The Morgan fingerprint density at radius 2 is 1.57 bits per heavy atom. The second-order valence-electron chi connectivity index (χ2n) is 8.48. The number of unbranched alkanes of at least 4 members (excludes halogenated alkanes) is 2. The number of urea groups is 1. The van der Waals surface area contributed by atoms with Crippen molar-refractivity contribution in [2.45, 2.75) is 38.1 Å². The third-order valence-corrected chi connectivity index (χ3v) is 5.87. The zero-order chi connectivity index (χ0) is 25.0. The Hall–Kier alpha value is -3.71. The molecule has 0 aliphatic carbocycles. The van der Waals surface area contributed by atoms with Crippen LogP contribution in [0.25, 0.3) is 10.8 Å². The number of nitrogens with one attached hydrogen (secondary N) is 1. The van der Waals surface area contributed by atoms with Gasteiger partial charge in [-0.2, -0.15) is 0 Å². The van der Waals surface area contributed by atoms with Crippen molar-refractivity contribution in [1.29, 1.82) is 0 Å². The number of benzene rings is 3. The maximum atomic E-state index is 13.1. The lowest BCUT2D eigenvalue weighted by Crippen LogP contribution is -2.55. The zero-order valence-electron chi connectivity index (χ0n) is 19.9. The molecule has 0 aliphatic rings. The first-order valence-electron chi connectivity index (χ1n) is 11.9. The highest BCUT2D eigenvalue weighted by molar-refractivity contribution is 6.02. The van der Waals surface area contributed by atoms with Gasteiger partial charge in [0.25, 0.3) is 0 Å². The lowest BCUT2D eigenvalue weighted by atomic mass is 10.0. The van der Waals surface area contributed by atoms with Crippen LogP contribution in [0.15, 0.2) is 72.8 Å². The van der Waals surface area contributed by atoms with E-state index in [1.54, 1.807) is 0 Å². The minimum atomic E-state index is -1.05. The fourth-order valence-corrected chi connectivity index (χ4v) is 4.00. The van der Waals surface area contributed by atoms with Crippen molar-refractivity contribution >= 4 is 28.6 Å². The van der Waals surface area contributed by atoms with E-state index in [9.17, 15) is 14.4 Å². The largest absolute Gasteiger partial charge is 0.354 e. The van der Waals surface area contributed by atoms with E-state index in [1.807, 2.05) is 72.8 Å². The number of nitrogens with two attached hydrogens (primary N) is 2. The molecule has 0 aromatic heterocycles. The van der Waals surface area contributed by atoms with Gasteiger partial charge in [0, 0.05) is 13.0 Å². The number of nitrogens with zero attached hydrogens (tertiary/aromatic N) is 1. The van der Waals surface area contributed by atoms with Gasteiger partial charge >= 0.3 is 6.03 Å². The van der Waals surface area contributed by atoms with Crippen LogP contribution >= 0.6 is 0 Å². The first-order chi connectivity index (χ1) is 17.0. The van der Waals surface area contributed by atoms with Gasteiger partial charge in [-0.25, -0.2) is 4.79 Å². The molecule has 5 N–H and O–H groups in total. The van der Waals surface area contributed by atoms with Gasteiger partial charge in [-0.3, -0.25) is 14.5 Å². The fourth-order valence-electron chi connectivity index (χ4n) is 4.00. The molecule has 3 aromatic rings. The molecule has 0 bridgehead atoms. The number of hydrogen-bond donors (Lipinski definition) is 3. The van der Waals surface area contributed by atoms with E-state index in [4.69, 9.17) is 11.5 Å². The van der Waals surface area contributed by atoms with Gasteiger partial charge in [0.2, 0.25) is 11.8 Å². The van der Waals surface area contributed by atoms with Gasteiger partial charge in [0.15, 0.2) is 0 Å². The molecule has 0 aliphatic heterocycles. The van der Waals surface area contributed by atoms with Crippen LogP contribution in [0, 0.1) is 6.42 Å². The molecule has 3 aromatic carbocycles. The topological polar surface area (TPSA) is 119 Å². The van der Waals surface area contributed by atoms with Crippen LogP contribution in [-0.4, -0.2) is 41.9 Å². The van der Waals surface area contributed by atoms with Gasteiger partial charge < -0.3 is 16.8 Å². The Morgan fingerprint density at radius 3 is 2.29 bits per heavy atom. The van der Waals surface area contributed by atoms with E-state index in [1.165, 1.54) is 6.42 Å². The first-order valence-corrected chi connectivity index (χ1v) is 11.9. The first kappa shape index (κ1) is 25.9. The second-order valence-corrected chi connectivity index (χ2v) is 8.48. The van der Waals surface area contributed by atoms with Crippen LogP contribution in [0.2, 0.25) is 0 Å². The molecular weight excluding hydrogens is 440 g/mol. The van der Waals surface area contributed by atoms with Gasteiger partial charge in [0.1, 0.15) is 6.04 Å². The normalized spacial score (nSPS) is 11.7. The molecule has 0 heterocycles. The van der Waals surface area contributed by atoms with E-state index in [0.29, 0.717) is 19.5 Å². The Morgan fingerprint density at radius 1 is 0.857 bits per heavy atom. The summed E-state index contributed by atoms with van der Waals surface area (Å²) in [7, 11) is 0. The summed E-state index contributed by atoms with van der Waals surface area (Å²) in [6, 6.07) is 21.1. The summed E-state index contributed by atoms with van der Waals surface area (Å²) in [4.78, 5) is 39.5. The van der Waals surface area contributed by atoms with Crippen LogP contribution < -0.4 is 16.8 Å². The molecule has 0 saturated carbocycles. The number of primary amides is 1. The predicted octanol–water partition coefficient (Wildman–Crippen LogP) is 3.35. The molecule has 7 heteroatoms. The van der Waals surface area contributed by atoms with Gasteiger partial charge in [-0.1, -0.05) is 79.2 Å². The molecule has 0 unspecified atom stereocenters. The third kappa shape index (κ3) is 7.65. The smallest absolute Gasteiger partial charge is 0.322 e. The minimum Gasteiger partial charge on any atom is -0.354 e. The number of rotatable bonds is 12. The maximum Gasteiger partial charge on any atom is 0.322 e. The van der Waals surface area contributed by atoms with E-state index in [0.717, 1.165) is 46.1 Å². The average Bonchev–Trinajstić information content (AvgIpc) is 2.87. The molecule has 7 nitrogen and oxygen atoms in total. The van der Waals surface area contributed by atoms with Gasteiger partial charge in [0.05, 0.1) is 6.42 Å². The number of hydrogen-bond acceptors (Lipinski definition) is 4. The Balaban J connectivity index is 1.73. The van der Waals surface area contributed by atoms with Crippen molar-refractivity contribution < 1.29 is 14.4 Å². The lowest BCUT2D eigenvalue weighted by Gasteiger charge is -2.28. The minimum absolute atomic E-state index is 0.175. The summed E-state index contributed by atoms with van der Waals surface area (Å²) in [5.41, 5.74) is 12.9. The highest BCUT2D eigenvalue weighted by Gasteiger charge is 2.33. The van der Waals surface area contributed by atoms with Crippen molar-refractivity contribution in [3.05, 3.63) is 90.3 Å². The Bertz CT molecular complexity index is 1130. The SMILES string of the molecule is NCCCCCNC(=O)[C@@H](Cc1ccccc1)N(C(N)=O)C(=O)[CH]Cc1ccc2ccccc2c1. The number of imide groups is 1. The fraction of sp³-hybridized carbons (Fsp3) is 0.286. The summed E-state index contributed by atoms with van der Waals surface area (Å²) < 4.78 is 0. The molecule has 1 radical (unpaired) electrons. The van der Waals surface area contributed by atoms with Crippen molar-refractivity contribution in [2.24, 2.45) is 11.5 Å². The van der Waals surface area contributed by atoms with Gasteiger partial charge in [-0.05, 0) is 47.7 Å². The molecule has 4 amide bonds. The Labute approximate surface area is 206 Å². The lowest BCUT2D eigenvalue weighted by molar-refractivity contribution is -0.134. The predicted molar refractivity (Wildman–Crippen MR) is 138 cm³/mol. The second kappa shape index (κ2) is 13.2. The van der Waals surface area contributed by atoms with Crippen LogP contribution in [0.5, 0.6) is 0 Å². The molecule has 0 spiro atoms. The molecule has 183 valence electrons. The van der Waals surface area contributed by atoms with Crippen molar-refractivity contribution in [3.63, 3.8) is 0 Å². The zero-order valence-corrected chi connectivity index (χ0v) is 19.9. The molecule has 0 fully saturated rings. The Kier molecular flexibility index (Phi) is 9.80. The summed E-state index contributed by atoms with van der Waals surface area (Å²) in [5.74, 6) is -1.00. The van der Waals surface area contributed by atoms with Crippen LogP contribution in [0.3, 0.4) is 0 Å². The molecular formula is C28H33N4O3.